The Morgan fingerprint density at radius 1 is 1.03 bits per heavy atom. The largest absolute Gasteiger partial charge is 0.357 e. The molecule has 2 aliphatic heterocycles. The second-order valence-corrected chi connectivity index (χ2v) is 9.23. The Balaban J connectivity index is 1.21. The summed E-state index contributed by atoms with van der Waals surface area (Å²) in [5.74, 6) is 1.22. The zero-order valence-electron chi connectivity index (χ0n) is 18.4. The summed E-state index contributed by atoms with van der Waals surface area (Å²) in [4.78, 5) is 25.7. The molecule has 2 aliphatic rings. The van der Waals surface area contributed by atoms with E-state index in [1.54, 1.807) is 0 Å². The number of nitrogens with one attached hydrogen (secondary N) is 1. The standard InChI is InChI=1S/C24H33N5OS/c1-2-25-24(28-14-12-27(13-15-28)19-22-9-6-16-31-22)26-11-5-10-23(30)29-17-20-7-3-4-8-21(20)18-29/h3-4,6-9,16H,2,5,10-15,17-19H2,1H3,(H,25,26). The molecule has 0 saturated carbocycles. The number of rotatable bonds is 7. The maximum Gasteiger partial charge on any atom is 0.223 e. The second kappa shape index (κ2) is 10.8. The molecule has 0 atom stereocenters. The predicted molar refractivity (Wildman–Crippen MR) is 127 cm³/mol. The number of benzene rings is 1. The molecule has 1 aromatic heterocycles. The fourth-order valence-corrected chi connectivity index (χ4v) is 5.00. The van der Waals surface area contributed by atoms with Crippen molar-refractivity contribution in [2.45, 2.75) is 39.4 Å². The van der Waals surface area contributed by atoms with Gasteiger partial charge in [0.2, 0.25) is 5.91 Å². The van der Waals surface area contributed by atoms with Gasteiger partial charge in [-0.1, -0.05) is 30.3 Å². The molecule has 1 N–H and O–H groups in total. The van der Waals surface area contributed by atoms with Gasteiger partial charge in [-0.3, -0.25) is 14.7 Å². The predicted octanol–water partition coefficient (Wildman–Crippen LogP) is 3.15. The molecule has 6 nitrogen and oxygen atoms in total. The number of carbonyl (C=O) groups excluding carboxylic acids is 1. The Kier molecular flexibility index (Phi) is 7.59. The number of amides is 1. The summed E-state index contributed by atoms with van der Waals surface area (Å²) in [5.41, 5.74) is 2.56. The summed E-state index contributed by atoms with van der Waals surface area (Å²) in [7, 11) is 0. The fraction of sp³-hybridized carbons (Fsp3) is 0.500. The average molecular weight is 440 g/mol. The van der Waals surface area contributed by atoms with Crippen molar-refractivity contribution >= 4 is 23.2 Å². The topological polar surface area (TPSA) is 51.2 Å². The van der Waals surface area contributed by atoms with Crippen LogP contribution in [0.25, 0.3) is 0 Å². The third-order valence-electron chi connectivity index (χ3n) is 5.97. The van der Waals surface area contributed by atoms with Crippen LogP contribution in [-0.2, 0) is 24.4 Å². The Morgan fingerprint density at radius 2 is 1.77 bits per heavy atom. The van der Waals surface area contributed by atoms with Gasteiger partial charge in [0.25, 0.3) is 0 Å². The van der Waals surface area contributed by atoms with E-state index in [-0.39, 0.29) is 5.91 Å². The van der Waals surface area contributed by atoms with E-state index < -0.39 is 0 Å². The van der Waals surface area contributed by atoms with Crippen molar-refractivity contribution in [2.75, 3.05) is 39.3 Å². The molecule has 1 aromatic carbocycles. The van der Waals surface area contributed by atoms with Gasteiger partial charge in [-0.25, -0.2) is 0 Å². The zero-order chi connectivity index (χ0) is 21.5. The van der Waals surface area contributed by atoms with Crippen LogP contribution in [0.2, 0.25) is 0 Å². The minimum atomic E-state index is 0.235. The lowest BCUT2D eigenvalue weighted by atomic mass is 10.1. The molecule has 0 aliphatic carbocycles. The lowest BCUT2D eigenvalue weighted by Crippen LogP contribution is -2.52. The first kappa shape index (κ1) is 21.8. The molecule has 0 radical (unpaired) electrons. The van der Waals surface area contributed by atoms with Crippen molar-refractivity contribution in [1.82, 2.24) is 20.0 Å². The average Bonchev–Trinajstić information content (AvgIpc) is 3.46. The van der Waals surface area contributed by atoms with E-state index >= 15 is 0 Å². The van der Waals surface area contributed by atoms with Gasteiger partial charge in [0, 0.05) is 70.2 Å². The van der Waals surface area contributed by atoms with E-state index in [4.69, 9.17) is 4.99 Å². The zero-order valence-corrected chi connectivity index (χ0v) is 19.2. The molecule has 0 bridgehead atoms. The Hall–Kier alpha value is -2.38. The highest BCUT2D eigenvalue weighted by Crippen LogP contribution is 2.23. The number of hydrogen-bond donors (Lipinski definition) is 1. The third-order valence-corrected chi connectivity index (χ3v) is 6.83. The molecular weight excluding hydrogens is 406 g/mol. The first-order chi connectivity index (χ1) is 15.2. The first-order valence-corrected chi connectivity index (χ1v) is 12.2. The molecule has 2 aromatic rings. The van der Waals surface area contributed by atoms with Gasteiger partial charge in [-0.05, 0) is 35.9 Å². The van der Waals surface area contributed by atoms with Crippen LogP contribution < -0.4 is 5.32 Å². The van der Waals surface area contributed by atoms with E-state index in [9.17, 15) is 4.79 Å². The smallest absolute Gasteiger partial charge is 0.223 e. The maximum absolute atomic E-state index is 12.6. The molecule has 4 rings (SSSR count). The minimum absolute atomic E-state index is 0.235. The molecule has 166 valence electrons. The number of aliphatic imine (C=N–C) groups is 1. The number of guanidine groups is 1. The summed E-state index contributed by atoms with van der Waals surface area (Å²) in [6.45, 7) is 10.3. The normalized spacial score (nSPS) is 17.1. The minimum Gasteiger partial charge on any atom is -0.357 e. The fourth-order valence-electron chi connectivity index (χ4n) is 4.25. The van der Waals surface area contributed by atoms with Crippen LogP contribution >= 0.6 is 11.3 Å². The van der Waals surface area contributed by atoms with Crippen molar-refractivity contribution < 1.29 is 4.79 Å². The van der Waals surface area contributed by atoms with Crippen LogP contribution in [-0.4, -0.2) is 65.8 Å². The second-order valence-electron chi connectivity index (χ2n) is 8.20. The molecule has 31 heavy (non-hydrogen) atoms. The van der Waals surface area contributed by atoms with Gasteiger partial charge in [0.1, 0.15) is 0 Å². The van der Waals surface area contributed by atoms with Crippen LogP contribution in [0, 0.1) is 0 Å². The summed E-state index contributed by atoms with van der Waals surface area (Å²) in [6.07, 6.45) is 1.35. The van der Waals surface area contributed by atoms with Crippen LogP contribution in [0.1, 0.15) is 35.8 Å². The quantitative estimate of drug-likeness (QED) is 0.409. The molecule has 1 fully saturated rings. The molecule has 3 heterocycles. The van der Waals surface area contributed by atoms with Gasteiger partial charge in [-0.15, -0.1) is 11.3 Å². The van der Waals surface area contributed by atoms with Gasteiger partial charge in [0.05, 0.1) is 0 Å². The van der Waals surface area contributed by atoms with Gasteiger partial charge in [0.15, 0.2) is 5.96 Å². The van der Waals surface area contributed by atoms with Crippen molar-refractivity contribution in [2.24, 2.45) is 4.99 Å². The van der Waals surface area contributed by atoms with Crippen molar-refractivity contribution in [3.8, 4) is 0 Å². The first-order valence-electron chi connectivity index (χ1n) is 11.4. The molecule has 7 heteroatoms. The van der Waals surface area contributed by atoms with Gasteiger partial charge >= 0.3 is 0 Å². The number of nitrogens with zero attached hydrogens (tertiary/aromatic N) is 4. The highest BCUT2D eigenvalue weighted by molar-refractivity contribution is 7.09. The molecule has 1 saturated heterocycles. The van der Waals surface area contributed by atoms with E-state index in [0.717, 1.165) is 64.7 Å². The number of hydrogen-bond acceptors (Lipinski definition) is 4. The Bertz CT molecular complexity index is 849. The maximum atomic E-state index is 12.6. The molecule has 0 spiro atoms. The van der Waals surface area contributed by atoms with Crippen molar-refractivity contribution in [3.05, 3.63) is 57.8 Å². The SMILES string of the molecule is CCNC(=NCCCC(=O)N1Cc2ccccc2C1)N1CCN(Cc2cccs2)CC1. The molecule has 0 unspecified atom stereocenters. The van der Waals surface area contributed by atoms with Crippen molar-refractivity contribution in [3.63, 3.8) is 0 Å². The van der Waals surface area contributed by atoms with Crippen LogP contribution in [0.4, 0.5) is 0 Å². The monoisotopic (exact) mass is 439 g/mol. The lowest BCUT2D eigenvalue weighted by molar-refractivity contribution is -0.131. The Labute approximate surface area is 189 Å². The van der Waals surface area contributed by atoms with E-state index in [1.807, 2.05) is 28.4 Å². The van der Waals surface area contributed by atoms with Gasteiger partial charge < -0.3 is 15.1 Å². The van der Waals surface area contributed by atoms with Crippen LogP contribution in [0.15, 0.2) is 46.8 Å². The highest BCUT2D eigenvalue weighted by Gasteiger charge is 2.23. The van der Waals surface area contributed by atoms with E-state index in [2.05, 4.69) is 51.7 Å². The number of piperazine rings is 1. The summed E-state index contributed by atoms with van der Waals surface area (Å²) >= 11 is 1.83. The summed E-state index contributed by atoms with van der Waals surface area (Å²) < 4.78 is 0. The molecule has 1 amide bonds. The van der Waals surface area contributed by atoms with E-state index in [0.29, 0.717) is 13.0 Å². The lowest BCUT2D eigenvalue weighted by Gasteiger charge is -2.36. The summed E-state index contributed by atoms with van der Waals surface area (Å²) in [6, 6.07) is 12.7. The third kappa shape index (κ3) is 5.86. The van der Waals surface area contributed by atoms with Gasteiger partial charge in [-0.2, -0.15) is 0 Å². The van der Waals surface area contributed by atoms with Crippen molar-refractivity contribution in [1.29, 1.82) is 0 Å². The van der Waals surface area contributed by atoms with Crippen LogP contribution in [0.5, 0.6) is 0 Å². The number of thiophene rings is 1. The molecular formula is C24H33N5OS. The summed E-state index contributed by atoms with van der Waals surface area (Å²) in [5, 5.41) is 5.58. The number of carbonyl (C=O) groups is 1. The highest BCUT2D eigenvalue weighted by atomic mass is 32.1. The number of fused-ring (bicyclic) bond motifs is 1. The van der Waals surface area contributed by atoms with E-state index in [1.165, 1.54) is 16.0 Å². The van der Waals surface area contributed by atoms with Crippen LogP contribution in [0.3, 0.4) is 0 Å². The Morgan fingerprint density at radius 3 is 2.42 bits per heavy atom.